The minimum atomic E-state index is -0.478. The molecule has 0 radical (unpaired) electrons. The largest absolute Gasteiger partial charge is 0.464 e. The molecule has 1 amide bonds. The molecule has 0 spiro atoms. The van der Waals surface area contributed by atoms with Crippen molar-refractivity contribution in [1.82, 2.24) is 9.97 Å². The fourth-order valence-electron chi connectivity index (χ4n) is 4.19. The first-order chi connectivity index (χ1) is 17.1. The molecular weight excluding hydrogens is 484 g/mol. The Labute approximate surface area is 210 Å². The standard InChI is InChI=1S/C25H24N4O4S2/c1-33-23(32)21-20(10-5-13-30)35-25(27-21)29-12-11-15-6-4-7-16(17(15)14-29)22(31)28-24-26-18-8-2-3-9-19(18)34-24/h2-4,6-9,30H,5,10-14H2,1H3,(H,26,28,31). The number of hydrogen-bond acceptors (Lipinski definition) is 9. The third kappa shape index (κ3) is 4.77. The predicted octanol–water partition coefficient (Wildman–Crippen LogP) is 4.28. The number of para-hydroxylation sites is 1. The molecule has 0 atom stereocenters. The maximum Gasteiger partial charge on any atom is 0.357 e. The van der Waals surface area contributed by atoms with Crippen LogP contribution in [0.15, 0.2) is 42.5 Å². The van der Waals surface area contributed by atoms with Crippen molar-refractivity contribution >= 4 is 55.0 Å². The molecule has 3 heterocycles. The summed E-state index contributed by atoms with van der Waals surface area (Å²) < 4.78 is 5.93. The number of amides is 1. The zero-order valence-corrected chi connectivity index (χ0v) is 20.7. The monoisotopic (exact) mass is 508 g/mol. The molecule has 8 nitrogen and oxygen atoms in total. The molecule has 0 aliphatic carbocycles. The topological polar surface area (TPSA) is 105 Å². The van der Waals surface area contributed by atoms with Gasteiger partial charge in [0.2, 0.25) is 0 Å². The molecule has 0 unspecified atom stereocenters. The van der Waals surface area contributed by atoms with Crippen LogP contribution in [0.1, 0.15) is 43.3 Å². The average molecular weight is 509 g/mol. The van der Waals surface area contributed by atoms with Gasteiger partial charge in [-0.1, -0.05) is 35.6 Å². The van der Waals surface area contributed by atoms with Crippen molar-refractivity contribution in [2.45, 2.75) is 25.8 Å². The van der Waals surface area contributed by atoms with E-state index < -0.39 is 5.97 Å². The second-order valence-corrected chi connectivity index (χ2v) is 10.2. The van der Waals surface area contributed by atoms with Crippen LogP contribution < -0.4 is 10.2 Å². The van der Waals surface area contributed by atoms with Gasteiger partial charge >= 0.3 is 5.97 Å². The van der Waals surface area contributed by atoms with Crippen LogP contribution in [0.2, 0.25) is 0 Å². The number of nitrogens with zero attached hydrogens (tertiary/aromatic N) is 3. The Morgan fingerprint density at radius 1 is 1.14 bits per heavy atom. The number of anilines is 2. The van der Waals surface area contributed by atoms with E-state index >= 15 is 0 Å². The molecule has 180 valence electrons. The molecule has 0 saturated heterocycles. The highest BCUT2D eigenvalue weighted by atomic mass is 32.1. The van der Waals surface area contributed by atoms with E-state index in [4.69, 9.17) is 4.74 Å². The van der Waals surface area contributed by atoms with Crippen LogP contribution in [0.5, 0.6) is 0 Å². The molecular formula is C25H24N4O4S2. The molecule has 0 bridgehead atoms. The molecule has 1 aliphatic rings. The average Bonchev–Trinajstić information content (AvgIpc) is 3.50. The minimum Gasteiger partial charge on any atom is -0.464 e. The van der Waals surface area contributed by atoms with Gasteiger partial charge in [-0.2, -0.15) is 0 Å². The summed E-state index contributed by atoms with van der Waals surface area (Å²) >= 11 is 2.88. The van der Waals surface area contributed by atoms with Crippen LogP contribution in [0.4, 0.5) is 10.3 Å². The number of hydrogen-bond donors (Lipinski definition) is 2. The molecule has 0 saturated carbocycles. The van der Waals surface area contributed by atoms with Crippen molar-refractivity contribution in [3.05, 3.63) is 69.7 Å². The third-order valence-corrected chi connectivity index (χ3v) is 8.06. The van der Waals surface area contributed by atoms with E-state index in [9.17, 15) is 14.7 Å². The minimum absolute atomic E-state index is 0.0397. The lowest BCUT2D eigenvalue weighted by molar-refractivity contribution is 0.0593. The summed E-state index contributed by atoms with van der Waals surface area (Å²) in [4.78, 5) is 37.5. The number of thiazole rings is 2. The van der Waals surface area contributed by atoms with Gasteiger partial charge < -0.3 is 14.7 Å². The van der Waals surface area contributed by atoms with Gasteiger partial charge in [-0.25, -0.2) is 14.8 Å². The summed E-state index contributed by atoms with van der Waals surface area (Å²) in [5.74, 6) is -0.672. The number of rotatable bonds is 7. The van der Waals surface area contributed by atoms with Gasteiger partial charge in [0.1, 0.15) is 0 Å². The van der Waals surface area contributed by atoms with Crippen molar-refractivity contribution in [3.8, 4) is 0 Å². The fourth-order valence-corrected chi connectivity index (χ4v) is 6.16. The van der Waals surface area contributed by atoms with Crippen molar-refractivity contribution in [2.75, 3.05) is 30.5 Å². The zero-order chi connectivity index (χ0) is 24.4. The molecule has 2 aromatic heterocycles. The van der Waals surface area contributed by atoms with Gasteiger partial charge in [0.05, 0.1) is 17.3 Å². The van der Waals surface area contributed by atoms with E-state index in [1.807, 2.05) is 36.4 Å². The number of aliphatic hydroxyl groups excluding tert-OH is 1. The first-order valence-electron chi connectivity index (χ1n) is 11.3. The van der Waals surface area contributed by atoms with E-state index in [-0.39, 0.29) is 12.5 Å². The molecule has 35 heavy (non-hydrogen) atoms. The van der Waals surface area contributed by atoms with Crippen LogP contribution in [-0.4, -0.2) is 47.2 Å². The van der Waals surface area contributed by atoms with Gasteiger partial charge in [0.15, 0.2) is 16.0 Å². The SMILES string of the molecule is COC(=O)c1nc(N2CCc3cccc(C(=O)Nc4nc5ccccc5s4)c3C2)sc1CCCO. The second-order valence-electron chi connectivity index (χ2n) is 8.14. The quantitative estimate of drug-likeness (QED) is 0.359. The number of esters is 1. The Balaban J connectivity index is 1.40. The highest BCUT2D eigenvalue weighted by Gasteiger charge is 2.27. The number of methoxy groups -OCH3 is 1. The van der Waals surface area contributed by atoms with Gasteiger partial charge in [-0.3, -0.25) is 10.1 Å². The zero-order valence-electron chi connectivity index (χ0n) is 19.1. The Bertz CT molecular complexity index is 1360. The van der Waals surface area contributed by atoms with Crippen LogP contribution in [0.3, 0.4) is 0 Å². The van der Waals surface area contributed by atoms with Crippen molar-refractivity contribution in [1.29, 1.82) is 0 Å². The molecule has 5 rings (SSSR count). The summed E-state index contributed by atoms with van der Waals surface area (Å²) in [5.41, 5.74) is 3.84. The summed E-state index contributed by atoms with van der Waals surface area (Å²) in [5, 5.41) is 13.5. The highest BCUT2D eigenvalue weighted by Crippen LogP contribution is 2.33. The number of carbonyl (C=O) groups excluding carboxylic acids is 2. The first-order valence-corrected chi connectivity index (χ1v) is 12.9. The molecule has 10 heteroatoms. The van der Waals surface area contributed by atoms with Crippen LogP contribution >= 0.6 is 22.7 Å². The lowest BCUT2D eigenvalue weighted by Crippen LogP contribution is -2.32. The van der Waals surface area contributed by atoms with E-state index in [0.717, 1.165) is 39.2 Å². The third-order valence-electron chi connectivity index (χ3n) is 5.93. The number of fused-ring (bicyclic) bond motifs is 2. The number of aliphatic hydroxyl groups is 1. The highest BCUT2D eigenvalue weighted by molar-refractivity contribution is 7.22. The van der Waals surface area contributed by atoms with E-state index in [0.29, 0.717) is 40.9 Å². The van der Waals surface area contributed by atoms with E-state index in [2.05, 4.69) is 26.3 Å². The van der Waals surface area contributed by atoms with Crippen molar-refractivity contribution in [3.63, 3.8) is 0 Å². The Morgan fingerprint density at radius 2 is 2.00 bits per heavy atom. The van der Waals surface area contributed by atoms with Gasteiger partial charge in [-0.05, 0) is 48.6 Å². The Morgan fingerprint density at radius 3 is 2.80 bits per heavy atom. The molecule has 4 aromatic rings. The number of nitrogens with one attached hydrogen (secondary N) is 1. The summed E-state index contributed by atoms with van der Waals surface area (Å²) in [7, 11) is 1.34. The molecule has 2 N–H and O–H groups in total. The number of carbonyl (C=O) groups is 2. The summed E-state index contributed by atoms with van der Waals surface area (Å²) in [6.07, 6.45) is 1.86. The fraction of sp³-hybridized carbons (Fsp3) is 0.280. The summed E-state index contributed by atoms with van der Waals surface area (Å²) in [6.45, 7) is 1.27. The molecule has 0 fully saturated rings. The van der Waals surface area contributed by atoms with Crippen LogP contribution in [0.25, 0.3) is 10.2 Å². The maximum absolute atomic E-state index is 13.2. The summed E-state index contributed by atoms with van der Waals surface area (Å²) in [6, 6.07) is 13.6. The lowest BCUT2D eigenvalue weighted by Gasteiger charge is -2.29. The van der Waals surface area contributed by atoms with E-state index in [1.54, 1.807) is 0 Å². The predicted molar refractivity (Wildman–Crippen MR) is 138 cm³/mol. The van der Waals surface area contributed by atoms with E-state index in [1.165, 1.54) is 29.8 Å². The maximum atomic E-state index is 13.2. The van der Waals surface area contributed by atoms with Gasteiger partial charge in [0.25, 0.3) is 5.91 Å². The van der Waals surface area contributed by atoms with Gasteiger partial charge in [-0.15, -0.1) is 11.3 Å². The smallest absolute Gasteiger partial charge is 0.357 e. The first kappa shape index (κ1) is 23.4. The molecule has 1 aliphatic heterocycles. The molecule has 2 aromatic carbocycles. The second kappa shape index (κ2) is 10.1. The Kier molecular flexibility index (Phi) is 6.76. The van der Waals surface area contributed by atoms with Gasteiger partial charge in [0, 0.05) is 30.1 Å². The van der Waals surface area contributed by atoms with Crippen LogP contribution in [-0.2, 0) is 24.1 Å². The Hall–Kier alpha value is -3.34. The van der Waals surface area contributed by atoms with Crippen molar-refractivity contribution < 1.29 is 19.4 Å². The van der Waals surface area contributed by atoms with Crippen LogP contribution in [0, 0.1) is 0 Å². The normalized spacial score (nSPS) is 13.0. The lowest BCUT2D eigenvalue weighted by atomic mass is 9.94. The van der Waals surface area contributed by atoms with Crippen molar-refractivity contribution in [2.24, 2.45) is 0 Å². The number of benzene rings is 2. The number of aryl methyl sites for hydroxylation is 1. The number of ether oxygens (including phenoxy) is 1. The number of aromatic nitrogens is 2.